The highest BCUT2D eigenvalue weighted by atomic mass is 16.3. The molecule has 2 rings (SSSR count). The molecule has 0 bridgehead atoms. The summed E-state index contributed by atoms with van der Waals surface area (Å²) >= 11 is 0. The van der Waals surface area contributed by atoms with Gasteiger partial charge >= 0.3 is 0 Å². The van der Waals surface area contributed by atoms with Gasteiger partial charge in [-0.05, 0) is 48.6 Å². The van der Waals surface area contributed by atoms with Crippen LogP contribution in [0.15, 0.2) is 48.5 Å². The maximum Gasteiger partial charge on any atom is 0.246 e. The summed E-state index contributed by atoms with van der Waals surface area (Å²) in [4.78, 5) is 12.5. The molecule has 3 N–H and O–H groups in total. The molecule has 4 nitrogen and oxygen atoms in total. The molecule has 24 heavy (non-hydrogen) atoms. The van der Waals surface area contributed by atoms with Crippen molar-refractivity contribution in [3.63, 3.8) is 0 Å². The van der Waals surface area contributed by atoms with Gasteiger partial charge < -0.3 is 15.7 Å². The van der Waals surface area contributed by atoms with E-state index in [9.17, 15) is 9.90 Å². The van der Waals surface area contributed by atoms with Crippen LogP contribution in [0.5, 0.6) is 0 Å². The van der Waals surface area contributed by atoms with E-state index in [1.54, 1.807) is 0 Å². The van der Waals surface area contributed by atoms with Crippen molar-refractivity contribution in [2.24, 2.45) is 0 Å². The molecule has 0 fully saturated rings. The zero-order valence-electron chi connectivity index (χ0n) is 14.5. The fraction of sp³-hybridized carbons (Fsp3) is 0.350. The van der Waals surface area contributed by atoms with E-state index in [2.05, 4.69) is 30.5 Å². The van der Waals surface area contributed by atoms with E-state index in [4.69, 9.17) is 0 Å². The lowest BCUT2D eigenvalue weighted by atomic mass is 9.97. The quantitative estimate of drug-likeness (QED) is 0.717. The lowest BCUT2D eigenvalue weighted by Gasteiger charge is -2.19. The molecule has 0 spiro atoms. The smallest absolute Gasteiger partial charge is 0.246 e. The summed E-state index contributed by atoms with van der Waals surface area (Å²) < 4.78 is 0. The number of aliphatic hydroxyl groups is 1. The summed E-state index contributed by atoms with van der Waals surface area (Å²) in [5.74, 6) is 0.311. The fourth-order valence-corrected chi connectivity index (χ4v) is 2.58. The summed E-state index contributed by atoms with van der Waals surface area (Å²) in [6, 6.07) is 15.0. The van der Waals surface area contributed by atoms with Crippen LogP contribution in [-0.4, -0.2) is 17.1 Å². The maximum atomic E-state index is 12.5. The molecule has 0 aliphatic carbocycles. The van der Waals surface area contributed by atoms with Gasteiger partial charge in [0.25, 0.3) is 0 Å². The summed E-state index contributed by atoms with van der Waals surface area (Å²) in [7, 11) is 0. The number of carbonyl (C=O) groups is 1. The Balaban J connectivity index is 2.06. The second-order valence-electron chi connectivity index (χ2n) is 6.11. The highest BCUT2D eigenvalue weighted by Gasteiger charge is 2.16. The SMILES string of the molecule is CC[C@H](C)c1ccccc1NC(=O)[C@H](C)Nc1cccc(CO)c1. The van der Waals surface area contributed by atoms with E-state index in [-0.39, 0.29) is 18.6 Å². The average Bonchev–Trinajstić information content (AvgIpc) is 2.61. The highest BCUT2D eigenvalue weighted by Crippen LogP contribution is 2.26. The first-order chi connectivity index (χ1) is 11.5. The molecule has 2 aromatic carbocycles. The molecule has 0 radical (unpaired) electrons. The van der Waals surface area contributed by atoms with Crippen LogP contribution in [0.2, 0.25) is 0 Å². The van der Waals surface area contributed by atoms with E-state index < -0.39 is 0 Å². The van der Waals surface area contributed by atoms with E-state index in [1.165, 1.54) is 0 Å². The predicted octanol–water partition coefficient (Wildman–Crippen LogP) is 4.13. The van der Waals surface area contributed by atoms with Crippen LogP contribution in [0.3, 0.4) is 0 Å². The van der Waals surface area contributed by atoms with Gasteiger partial charge in [0.15, 0.2) is 0 Å². The lowest BCUT2D eigenvalue weighted by Crippen LogP contribution is -2.32. The Hall–Kier alpha value is -2.33. The molecule has 2 atom stereocenters. The van der Waals surface area contributed by atoms with Crippen LogP contribution in [0.4, 0.5) is 11.4 Å². The van der Waals surface area contributed by atoms with Gasteiger partial charge in [0.05, 0.1) is 6.61 Å². The number of amides is 1. The Morgan fingerprint density at radius 1 is 1.12 bits per heavy atom. The number of para-hydroxylation sites is 1. The number of hydrogen-bond donors (Lipinski definition) is 3. The van der Waals surface area contributed by atoms with Crippen molar-refractivity contribution in [1.82, 2.24) is 0 Å². The van der Waals surface area contributed by atoms with Crippen molar-refractivity contribution in [3.8, 4) is 0 Å². The molecule has 0 aliphatic rings. The van der Waals surface area contributed by atoms with E-state index >= 15 is 0 Å². The summed E-state index contributed by atoms with van der Waals surface area (Å²) in [5, 5.41) is 15.4. The number of anilines is 2. The molecule has 4 heteroatoms. The molecule has 0 aliphatic heterocycles. The molecule has 0 saturated heterocycles. The van der Waals surface area contributed by atoms with Crippen LogP contribution in [-0.2, 0) is 11.4 Å². The third kappa shape index (κ3) is 4.59. The van der Waals surface area contributed by atoms with Crippen molar-refractivity contribution in [2.75, 3.05) is 10.6 Å². The van der Waals surface area contributed by atoms with Crippen LogP contribution < -0.4 is 10.6 Å². The summed E-state index contributed by atoms with van der Waals surface area (Å²) in [6.45, 7) is 6.11. The second kappa shape index (κ2) is 8.50. The van der Waals surface area contributed by atoms with Crippen molar-refractivity contribution in [2.45, 2.75) is 45.8 Å². The molecule has 1 amide bonds. The minimum absolute atomic E-state index is 0.0155. The Labute approximate surface area is 143 Å². The van der Waals surface area contributed by atoms with Crippen molar-refractivity contribution >= 4 is 17.3 Å². The number of benzene rings is 2. The largest absolute Gasteiger partial charge is 0.392 e. The average molecular weight is 326 g/mol. The number of rotatable bonds is 7. The third-order valence-electron chi connectivity index (χ3n) is 4.25. The predicted molar refractivity (Wildman–Crippen MR) is 99.2 cm³/mol. The summed E-state index contributed by atoms with van der Waals surface area (Å²) in [5.41, 5.74) is 3.66. The zero-order valence-corrected chi connectivity index (χ0v) is 14.5. The van der Waals surface area contributed by atoms with Gasteiger partial charge in [-0.15, -0.1) is 0 Å². The molecule has 0 unspecified atom stereocenters. The lowest BCUT2D eigenvalue weighted by molar-refractivity contribution is -0.116. The molecular formula is C20H26N2O2. The minimum atomic E-state index is -0.385. The monoisotopic (exact) mass is 326 g/mol. The van der Waals surface area contributed by atoms with Gasteiger partial charge in [0, 0.05) is 11.4 Å². The van der Waals surface area contributed by atoms with Crippen molar-refractivity contribution < 1.29 is 9.90 Å². The van der Waals surface area contributed by atoms with Gasteiger partial charge in [0.1, 0.15) is 6.04 Å². The normalized spacial score (nSPS) is 13.2. The van der Waals surface area contributed by atoms with Crippen LogP contribution >= 0.6 is 0 Å². The minimum Gasteiger partial charge on any atom is -0.392 e. The Morgan fingerprint density at radius 3 is 2.58 bits per heavy atom. The Bertz CT molecular complexity index is 685. The highest BCUT2D eigenvalue weighted by molar-refractivity contribution is 5.96. The fourth-order valence-electron chi connectivity index (χ4n) is 2.58. The van der Waals surface area contributed by atoms with E-state index in [0.717, 1.165) is 28.9 Å². The Morgan fingerprint density at radius 2 is 1.88 bits per heavy atom. The zero-order chi connectivity index (χ0) is 17.5. The van der Waals surface area contributed by atoms with Crippen LogP contribution in [0, 0.1) is 0 Å². The molecular weight excluding hydrogens is 300 g/mol. The van der Waals surface area contributed by atoms with E-state index in [1.807, 2.05) is 49.4 Å². The standard InChI is InChI=1S/C20H26N2O2/c1-4-14(2)18-10-5-6-11-19(18)22-20(24)15(3)21-17-9-7-8-16(12-17)13-23/h5-12,14-15,21,23H,4,13H2,1-3H3,(H,22,24)/t14-,15-/m0/s1. The third-order valence-corrected chi connectivity index (χ3v) is 4.25. The van der Waals surface area contributed by atoms with Crippen molar-refractivity contribution in [1.29, 1.82) is 0 Å². The maximum absolute atomic E-state index is 12.5. The first kappa shape index (κ1) is 18.0. The Kier molecular flexibility index (Phi) is 6.38. The number of aliphatic hydroxyl groups excluding tert-OH is 1. The first-order valence-electron chi connectivity index (χ1n) is 8.41. The molecule has 0 heterocycles. The van der Waals surface area contributed by atoms with Crippen molar-refractivity contribution in [3.05, 3.63) is 59.7 Å². The van der Waals surface area contributed by atoms with Gasteiger partial charge in [-0.25, -0.2) is 0 Å². The van der Waals surface area contributed by atoms with Crippen LogP contribution in [0.25, 0.3) is 0 Å². The van der Waals surface area contributed by atoms with Crippen LogP contribution in [0.1, 0.15) is 44.2 Å². The van der Waals surface area contributed by atoms with Gasteiger partial charge in [-0.1, -0.05) is 44.2 Å². The van der Waals surface area contributed by atoms with Gasteiger partial charge in [-0.2, -0.15) is 0 Å². The second-order valence-corrected chi connectivity index (χ2v) is 6.11. The molecule has 2 aromatic rings. The van der Waals surface area contributed by atoms with Gasteiger partial charge in [-0.3, -0.25) is 4.79 Å². The summed E-state index contributed by atoms with van der Waals surface area (Å²) in [6.07, 6.45) is 1.02. The number of nitrogens with one attached hydrogen (secondary N) is 2. The molecule has 0 saturated carbocycles. The topological polar surface area (TPSA) is 61.4 Å². The number of carbonyl (C=O) groups excluding carboxylic acids is 1. The number of hydrogen-bond acceptors (Lipinski definition) is 3. The molecule has 128 valence electrons. The molecule has 0 aromatic heterocycles. The first-order valence-corrected chi connectivity index (χ1v) is 8.41. The van der Waals surface area contributed by atoms with E-state index in [0.29, 0.717) is 5.92 Å². The van der Waals surface area contributed by atoms with Gasteiger partial charge in [0.2, 0.25) is 5.91 Å².